The fraction of sp³-hybridized carbons (Fsp3) is 0.500. The Balaban J connectivity index is 1.69. The molecule has 0 saturated carbocycles. The van der Waals surface area contributed by atoms with Crippen molar-refractivity contribution in [3.63, 3.8) is 0 Å². The van der Waals surface area contributed by atoms with Crippen molar-refractivity contribution in [3.05, 3.63) is 65.3 Å². The molecule has 0 radical (unpaired) electrons. The second kappa shape index (κ2) is 7.60. The molecule has 1 aromatic rings. The third kappa shape index (κ3) is 4.81. The maximum Gasteiger partial charge on any atom is 0.101 e. The number of rotatable bonds is 4. The van der Waals surface area contributed by atoms with Crippen LogP contribution in [0.3, 0.4) is 0 Å². The Hall–Kier alpha value is -1.72. The van der Waals surface area contributed by atoms with Crippen LogP contribution in [0.2, 0.25) is 0 Å². The highest BCUT2D eigenvalue weighted by molar-refractivity contribution is 5.51. The van der Waals surface area contributed by atoms with Crippen LogP contribution in [0.1, 0.15) is 51.2 Å². The van der Waals surface area contributed by atoms with Crippen molar-refractivity contribution in [2.24, 2.45) is 0 Å². The zero-order valence-corrected chi connectivity index (χ0v) is 17.2. The molecule has 4 heteroatoms. The summed E-state index contributed by atoms with van der Waals surface area (Å²) in [6.07, 6.45) is 9.60. The van der Waals surface area contributed by atoms with E-state index in [1.807, 2.05) is 19.1 Å². The minimum atomic E-state index is -1.30. The Labute approximate surface area is 167 Å². The average Bonchev–Trinajstić information content (AvgIpc) is 2.92. The van der Waals surface area contributed by atoms with E-state index in [1.54, 1.807) is 0 Å². The van der Waals surface area contributed by atoms with Crippen LogP contribution in [0, 0.1) is 6.92 Å². The van der Waals surface area contributed by atoms with Gasteiger partial charge in [0.1, 0.15) is 6.10 Å². The van der Waals surface area contributed by atoms with Crippen molar-refractivity contribution in [1.29, 1.82) is 0 Å². The monoisotopic (exact) mass is 384 g/mol. The van der Waals surface area contributed by atoms with Crippen LogP contribution in [-0.2, 0) is 4.74 Å². The lowest BCUT2D eigenvalue weighted by Gasteiger charge is -2.35. The fourth-order valence-electron chi connectivity index (χ4n) is 3.86. The van der Waals surface area contributed by atoms with Crippen LogP contribution < -0.4 is 0 Å². The van der Waals surface area contributed by atoms with E-state index in [9.17, 15) is 15.3 Å². The number of hydrogen-bond acceptors (Lipinski definition) is 4. The molecule has 1 saturated heterocycles. The van der Waals surface area contributed by atoms with Crippen molar-refractivity contribution in [2.75, 3.05) is 0 Å². The fourth-order valence-corrected chi connectivity index (χ4v) is 3.86. The summed E-state index contributed by atoms with van der Waals surface area (Å²) in [6.45, 7) is 7.74. The highest BCUT2D eigenvalue weighted by Crippen LogP contribution is 2.40. The van der Waals surface area contributed by atoms with Gasteiger partial charge in [-0.2, -0.15) is 0 Å². The first kappa shape index (κ1) is 21.0. The molecule has 0 unspecified atom stereocenters. The Kier molecular flexibility index (Phi) is 5.70. The molecule has 3 N–H and O–H groups in total. The molecule has 28 heavy (non-hydrogen) atoms. The van der Waals surface area contributed by atoms with Crippen LogP contribution in [0.15, 0.2) is 54.1 Å². The molecule has 0 amide bonds. The molecule has 0 bridgehead atoms. The van der Waals surface area contributed by atoms with Gasteiger partial charge in [-0.15, -0.1) is 0 Å². The summed E-state index contributed by atoms with van der Waals surface area (Å²) in [6, 6.07) is 8.39. The van der Waals surface area contributed by atoms with Crippen molar-refractivity contribution in [1.82, 2.24) is 0 Å². The summed E-state index contributed by atoms with van der Waals surface area (Å²) in [5.74, 6) is 0. The molecule has 1 aromatic carbocycles. The first-order valence-corrected chi connectivity index (χ1v) is 9.96. The van der Waals surface area contributed by atoms with Gasteiger partial charge in [0.2, 0.25) is 0 Å². The molecule has 3 rings (SSSR count). The molecule has 4 nitrogen and oxygen atoms in total. The number of aryl methyl sites for hydroxylation is 1. The SMILES string of the molecule is Cc1ccc(C=C[C@@]2(C)CC[C@@](C)(C=CC3=C[C@H](O)[C@](C)(O)C[C@@H]3O)O2)cc1. The first-order chi connectivity index (χ1) is 13.0. The molecule has 5 atom stereocenters. The zero-order chi connectivity index (χ0) is 20.6. The first-order valence-electron chi connectivity index (χ1n) is 9.96. The van der Waals surface area contributed by atoms with Crippen LogP contribution in [0.25, 0.3) is 6.08 Å². The predicted octanol–water partition coefficient (Wildman–Crippen LogP) is 3.70. The van der Waals surface area contributed by atoms with Gasteiger partial charge in [0.25, 0.3) is 0 Å². The van der Waals surface area contributed by atoms with Gasteiger partial charge in [0.05, 0.1) is 22.9 Å². The number of hydrogen-bond donors (Lipinski definition) is 3. The van der Waals surface area contributed by atoms with Gasteiger partial charge < -0.3 is 20.1 Å². The van der Waals surface area contributed by atoms with Crippen LogP contribution in [0.5, 0.6) is 0 Å². The van der Waals surface area contributed by atoms with E-state index in [4.69, 9.17) is 4.74 Å². The number of benzene rings is 1. The summed E-state index contributed by atoms with van der Waals surface area (Å²) in [5, 5.41) is 30.4. The Morgan fingerprint density at radius 2 is 1.54 bits per heavy atom. The summed E-state index contributed by atoms with van der Waals surface area (Å²) < 4.78 is 6.38. The van der Waals surface area contributed by atoms with Crippen LogP contribution >= 0.6 is 0 Å². The van der Waals surface area contributed by atoms with Gasteiger partial charge in [0, 0.05) is 6.42 Å². The van der Waals surface area contributed by atoms with E-state index in [2.05, 4.69) is 50.3 Å². The third-order valence-corrected chi connectivity index (χ3v) is 5.90. The minimum Gasteiger partial charge on any atom is -0.388 e. The van der Waals surface area contributed by atoms with Gasteiger partial charge in [-0.3, -0.25) is 0 Å². The Morgan fingerprint density at radius 1 is 0.964 bits per heavy atom. The lowest BCUT2D eigenvalue weighted by molar-refractivity contribution is -0.0707. The molecular formula is C24H32O4. The zero-order valence-electron chi connectivity index (χ0n) is 17.2. The summed E-state index contributed by atoms with van der Waals surface area (Å²) in [4.78, 5) is 0. The maximum absolute atomic E-state index is 10.3. The van der Waals surface area contributed by atoms with Crippen molar-refractivity contribution >= 4 is 6.08 Å². The van der Waals surface area contributed by atoms with Gasteiger partial charge in [0.15, 0.2) is 0 Å². The lowest BCUT2D eigenvalue weighted by Crippen LogP contribution is -2.45. The van der Waals surface area contributed by atoms with Gasteiger partial charge in [-0.05, 0) is 57.7 Å². The third-order valence-electron chi connectivity index (χ3n) is 5.90. The normalized spacial score (nSPS) is 39.0. The van der Waals surface area contributed by atoms with Gasteiger partial charge in [-0.1, -0.05) is 54.1 Å². The van der Waals surface area contributed by atoms with Crippen molar-refractivity contribution < 1.29 is 20.1 Å². The quantitative estimate of drug-likeness (QED) is 0.740. The van der Waals surface area contributed by atoms with E-state index in [0.29, 0.717) is 5.57 Å². The molecule has 0 aromatic heterocycles. The summed E-state index contributed by atoms with van der Waals surface area (Å²) in [5.41, 5.74) is 0.904. The van der Waals surface area contributed by atoms with E-state index in [1.165, 1.54) is 18.6 Å². The van der Waals surface area contributed by atoms with Gasteiger partial charge >= 0.3 is 0 Å². The highest BCUT2D eigenvalue weighted by Gasteiger charge is 2.41. The molecule has 1 fully saturated rings. The second-order valence-corrected chi connectivity index (χ2v) is 8.99. The number of aliphatic hydroxyl groups excluding tert-OH is 2. The molecule has 1 heterocycles. The Bertz CT molecular complexity index is 789. The molecule has 2 aliphatic rings. The van der Waals surface area contributed by atoms with E-state index in [0.717, 1.165) is 18.4 Å². The van der Waals surface area contributed by atoms with Crippen LogP contribution in [0.4, 0.5) is 0 Å². The minimum absolute atomic E-state index is 0.110. The number of ether oxygens (including phenoxy) is 1. The molecular weight excluding hydrogens is 352 g/mol. The topological polar surface area (TPSA) is 69.9 Å². The molecule has 1 aliphatic heterocycles. The number of aliphatic hydroxyl groups is 3. The Morgan fingerprint density at radius 3 is 2.14 bits per heavy atom. The highest BCUT2D eigenvalue weighted by atomic mass is 16.5. The maximum atomic E-state index is 10.3. The smallest absolute Gasteiger partial charge is 0.101 e. The lowest BCUT2D eigenvalue weighted by atomic mass is 9.82. The molecule has 152 valence electrons. The van der Waals surface area contributed by atoms with Crippen LogP contribution in [-0.4, -0.2) is 44.3 Å². The summed E-state index contributed by atoms with van der Waals surface area (Å²) in [7, 11) is 0. The van der Waals surface area contributed by atoms with E-state index >= 15 is 0 Å². The average molecular weight is 385 g/mol. The van der Waals surface area contributed by atoms with Crippen molar-refractivity contribution in [2.45, 2.75) is 76.0 Å². The standard InChI is InChI=1S/C24H32O4/c1-17-5-7-18(8-6-17)9-11-22(2)13-14-23(3,28-22)12-10-19-15-21(26)24(4,27)16-20(19)25/h5-12,15,20-21,25-27H,13-14,16H2,1-4H3/t20-,21-,22-,23+,24+/m0/s1. The predicted molar refractivity (Wildman–Crippen MR) is 112 cm³/mol. The molecule has 1 aliphatic carbocycles. The van der Waals surface area contributed by atoms with Gasteiger partial charge in [-0.25, -0.2) is 0 Å². The second-order valence-electron chi connectivity index (χ2n) is 8.99. The molecule has 0 spiro atoms. The summed E-state index contributed by atoms with van der Waals surface area (Å²) >= 11 is 0. The largest absolute Gasteiger partial charge is 0.388 e. The van der Waals surface area contributed by atoms with E-state index in [-0.39, 0.29) is 12.0 Å². The van der Waals surface area contributed by atoms with E-state index < -0.39 is 23.4 Å². The van der Waals surface area contributed by atoms with Crippen molar-refractivity contribution in [3.8, 4) is 0 Å².